The Balaban J connectivity index is 4.43. The molecule has 0 amide bonds. The lowest BCUT2D eigenvalue weighted by Gasteiger charge is -2.18. The molecule has 0 spiro atoms. The molecule has 0 aromatic heterocycles. The number of esters is 3. The Morgan fingerprint density at radius 1 is 0.276 bits per heavy atom. The van der Waals surface area contributed by atoms with Crippen LogP contribution in [0.3, 0.4) is 0 Å². The summed E-state index contributed by atoms with van der Waals surface area (Å²) in [7, 11) is 0. The van der Waals surface area contributed by atoms with Crippen molar-refractivity contribution in [1.29, 1.82) is 0 Å². The highest BCUT2D eigenvalue weighted by atomic mass is 16.6. The summed E-state index contributed by atoms with van der Waals surface area (Å²) in [6.45, 7) is 6.41. The third kappa shape index (κ3) is 60.4. The summed E-state index contributed by atoms with van der Waals surface area (Å²) in [5.74, 6) is -0.978. The van der Waals surface area contributed by atoms with Crippen LogP contribution in [0.1, 0.15) is 271 Å². The highest BCUT2D eigenvalue weighted by Gasteiger charge is 2.19. The van der Waals surface area contributed by atoms with Crippen molar-refractivity contribution in [1.82, 2.24) is 0 Å². The Bertz CT molecular complexity index is 1630. The predicted octanol–water partition coefficient (Wildman–Crippen LogP) is 21.4. The fourth-order valence-corrected chi connectivity index (χ4v) is 8.25. The first-order chi connectivity index (χ1) is 37.5. The fourth-order valence-electron chi connectivity index (χ4n) is 8.25. The van der Waals surface area contributed by atoms with Gasteiger partial charge in [-0.15, -0.1) is 0 Å². The molecule has 0 fully saturated rings. The minimum absolute atomic E-state index is 0.105. The Kier molecular flexibility index (Phi) is 59.4. The first kappa shape index (κ1) is 71.5. The van der Waals surface area contributed by atoms with Crippen LogP contribution in [-0.4, -0.2) is 37.2 Å². The molecular formula is C70H114O6. The molecule has 0 aliphatic carbocycles. The van der Waals surface area contributed by atoms with E-state index in [9.17, 15) is 14.4 Å². The Morgan fingerprint density at radius 3 is 0.908 bits per heavy atom. The largest absolute Gasteiger partial charge is 0.462 e. The van der Waals surface area contributed by atoms with Crippen molar-refractivity contribution in [2.75, 3.05) is 13.2 Å². The van der Waals surface area contributed by atoms with Gasteiger partial charge in [-0.2, -0.15) is 0 Å². The highest BCUT2D eigenvalue weighted by Crippen LogP contribution is 2.15. The average Bonchev–Trinajstić information content (AvgIpc) is 3.42. The molecule has 0 aromatic rings. The third-order valence-electron chi connectivity index (χ3n) is 12.9. The second-order valence-electron chi connectivity index (χ2n) is 20.2. The van der Waals surface area contributed by atoms with Crippen molar-refractivity contribution in [3.05, 3.63) is 134 Å². The molecule has 0 N–H and O–H groups in total. The minimum Gasteiger partial charge on any atom is -0.462 e. The quantitative estimate of drug-likeness (QED) is 0.0261. The maximum Gasteiger partial charge on any atom is 0.306 e. The SMILES string of the molecule is CC/C=C\C/C=C\C/C=C\C/C=C\C/C=C\C/C=C\C/C=C\C/C=C\C/C=C\CCCC(=O)OCC(COC(=O)CCCCCCC/C=C\C/C=C\CCC)OC(=O)CCCCCCCCCCCCCCCCCC. The zero-order valence-corrected chi connectivity index (χ0v) is 49.2. The second-order valence-corrected chi connectivity index (χ2v) is 20.2. The molecule has 430 valence electrons. The second kappa shape index (κ2) is 63.1. The monoisotopic (exact) mass is 1050 g/mol. The summed E-state index contributed by atoms with van der Waals surface area (Å²) < 4.78 is 16.8. The van der Waals surface area contributed by atoms with Gasteiger partial charge in [0.2, 0.25) is 0 Å². The van der Waals surface area contributed by atoms with E-state index in [4.69, 9.17) is 14.2 Å². The van der Waals surface area contributed by atoms with Crippen LogP contribution in [0.2, 0.25) is 0 Å². The van der Waals surface area contributed by atoms with Gasteiger partial charge in [0, 0.05) is 19.3 Å². The summed E-state index contributed by atoms with van der Waals surface area (Å²) in [6.07, 6.45) is 88.9. The number of hydrogen-bond acceptors (Lipinski definition) is 6. The van der Waals surface area contributed by atoms with Gasteiger partial charge in [0.05, 0.1) is 0 Å². The number of ether oxygens (including phenoxy) is 3. The summed E-state index contributed by atoms with van der Waals surface area (Å²) in [5, 5.41) is 0. The zero-order valence-electron chi connectivity index (χ0n) is 49.2. The lowest BCUT2D eigenvalue weighted by molar-refractivity contribution is -0.167. The Hall–Kier alpha value is -4.45. The first-order valence-electron chi connectivity index (χ1n) is 31.2. The summed E-state index contributed by atoms with van der Waals surface area (Å²) in [4.78, 5) is 38.2. The molecule has 0 heterocycles. The lowest BCUT2D eigenvalue weighted by Crippen LogP contribution is -2.30. The molecule has 0 aliphatic rings. The first-order valence-corrected chi connectivity index (χ1v) is 31.2. The molecule has 0 saturated heterocycles. The number of allylic oxidation sites excluding steroid dienone is 22. The maximum atomic E-state index is 12.9. The van der Waals surface area contributed by atoms with Gasteiger partial charge in [-0.3, -0.25) is 14.4 Å². The fraction of sp³-hybridized carbons (Fsp3) is 0.643. The van der Waals surface area contributed by atoms with Crippen LogP contribution in [0.4, 0.5) is 0 Å². The molecule has 1 unspecified atom stereocenters. The lowest BCUT2D eigenvalue weighted by atomic mass is 10.0. The summed E-state index contributed by atoms with van der Waals surface area (Å²) in [6, 6.07) is 0. The van der Waals surface area contributed by atoms with Crippen molar-refractivity contribution in [2.45, 2.75) is 277 Å². The number of unbranched alkanes of at least 4 members (excludes halogenated alkanes) is 22. The van der Waals surface area contributed by atoms with Crippen LogP contribution in [0.5, 0.6) is 0 Å². The van der Waals surface area contributed by atoms with Gasteiger partial charge in [0.15, 0.2) is 6.10 Å². The van der Waals surface area contributed by atoms with E-state index in [-0.39, 0.29) is 37.5 Å². The number of carbonyl (C=O) groups excluding carboxylic acids is 3. The highest BCUT2D eigenvalue weighted by molar-refractivity contribution is 5.71. The van der Waals surface area contributed by atoms with Crippen molar-refractivity contribution in [3.8, 4) is 0 Å². The molecule has 0 bridgehead atoms. The van der Waals surface area contributed by atoms with Crippen LogP contribution >= 0.6 is 0 Å². The van der Waals surface area contributed by atoms with Crippen molar-refractivity contribution < 1.29 is 28.6 Å². The van der Waals surface area contributed by atoms with E-state index in [1.807, 2.05) is 0 Å². The van der Waals surface area contributed by atoms with Gasteiger partial charge in [0.25, 0.3) is 0 Å². The van der Waals surface area contributed by atoms with E-state index in [1.54, 1.807) is 0 Å². The standard InChI is InChI=1S/C70H114O6/c1-4-7-10-13-16-19-22-25-27-29-30-31-32-33-34-35-36-37-38-39-40-41-43-45-48-51-54-57-60-63-69(72)75-66-67(65-74-68(71)62-59-56-53-50-47-44-24-21-18-15-12-9-6-3)76-70(73)64-61-58-55-52-49-46-42-28-26-23-20-17-14-11-8-5-2/h7,10,12,15-16,19,21,24-25,27,30-31,33-34,36-37,39-40,43,45,51,54,67H,4-6,8-9,11,13-14,17-18,20,22-23,26,28-29,32,35,38,41-42,44,46-50,52-53,55-66H2,1-3H3/b10-7-,15-12-,19-16-,24-21-,27-25-,31-30-,34-33-,37-36-,40-39-,45-43-,54-51-. The van der Waals surface area contributed by atoms with Crippen LogP contribution in [-0.2, 0) is 28.6 Å². The molecule has 6 heteroatoms. The Morgan fingerprint density at radius 2 is 0.553 bits per heavy atom. The van der Waals surface area contributed by atoms with Crippen molar-refractivity contribution in [2.24, 2.45) is 0 Å². The number of hydrogen-bond donors (Lipinski definition) is 0. The van der Waals surface area contributed by atoms with E-state index in [0.717, 1.165) is 135 Å². The maximum absolute atomic E-state index is 12.9. The minimum atomic E-state index is -0.810. The Labute approximate surface area is 468 Å². The van der Waals surface area contributed by atoms with E-state index in [0.29, 0.717) is 19.3 Å². The summed E-state index contributed by atoms with van der Waals surface area (Å²) in [5.41, 5.74) is 0. The van der Waals surface area contributed by atoms with Gasteiger partial charge in [0.1, 0.15) is 13.2 Å². The predicted molar refractivity (Wildman–Crippen MR) is 329 cm³/mol. The van der Waals surface area contributed by atoms with E-state index in [2.05, 4.69) is 154 Å². The molecule has 0 radical (unpaired) electrons. The molecule has 1 atom stereocenters. The third-order valence-corrected chi connectivity index (χ3v) is 12.9. The van der Waals surface area contributed by atoms with Gasteiger partial charge >= 0.3 is 17.9 Å². The van der Waals surface area contributed by atoms with E-state index >= 15 is 0 Å². The van der Waals surface area contributed by atoms with Gasteiger partial charge in [-0.1, -0.05) is 276 Å². The topological polar surface area (TPSA) is 78.9 Å². The molecule has 76 heavy (non-hydrogen) atoms. The van der Waals surface area contributed by atoms with E-state index in [1.165, 1.54) is 89.9 Å². The van der Waals surface area contributed by atoms with Crippen molar-refractivity contribution in [3.63, 3.8) is 0 Å². The van der Waals surface area contributed by atoms with Gasteiger partial charge in [-0.05, 0) is 109 Å². The molecule has 6 nitrogen and oxygen atoms in total. The normalized spacial score (nSPS) is 13.0. The zero-order chi connectivity index (χ0) is 55.0. The van der Waals surface area contributed by atoms with Crippen molar-refractivity contribution >= 4 is 17.9 Å². The van der Waals surface area contributed by atoms with Crippen LogP contribution in [0.15, 0.2) is 134 Å². The average molecular weight is 1050 g/mol. The number of rotatable bonds is 55. The number of carbonyl (C=O) groups is 3. The van der Waals surface area contributed by atoms with Crippen LogP contribution in [0, 0.1) is 0 Å². The molecule has 0 rings (SSSR count). The molecule has 0 aromatic carbocycles. The molecule has 0 saturated carbocycles. The molecular weight excluding hydrogens is 937 g/mol. The van der Waals surface area contributed by atoms with E-state index < -0.39 is 6.10 Å². The summed E-state index contributed by atoms with van der Waals surface area (Å²) >= 11 is 0. The van der Waals surface area contributed by atoms with Crippen LogP contribution < -0.4 is 0 Å². The van der Waals surface area contributed by atoms with Gasteiger partial charge in [-0.25, -0.2) is 0 Å². The van der Waals surface area contributed by atoms with Gasteiger partial charge < -0.3 is 14.2 Å². The van der Waals surface area contributed by atoms with Crippen LogP contribution in [0.25, 0.3) is 0 Å². The smallest absolute Gasteiger partial charge is 0.306 e. The molecule has 0 aliphatic heterocycles.